The normalized spacial score (nSPS) is 15.9. The minimum absolute atomic E-state index is 0. The van der Waals surface area contributed by atoms with Crippen LogP contribution in [0, 0.1) is 19.1 Å². The van der Waals surface area contributed by atoms with E-state index < -0.39 is 0 Å². The summed E-state index contributed by atoms with van der Waals surface area (Å²) in [6.45, 7) is 2.24. The molecule has 4 heteroatoms. The van der Waals surface area contributed by atoms with Crippen molar-refractivity contribution in [2.24, 2.45) is 0 Å². The van der Waals surface area contributed by atoms with Crippen LogP contribution in [0.25, 0.3) is 33.5 Å². The van der Waals surface area contributed by atoms with Gasteiger partial charge >= 0.3 is 0 Å². The Kier molecular flexibility index (Phi) is 9.46. The smallest absolute Gasteiger partial charge is 0.0932 e. The Bertz CT molecular complexity index is 1610. The summed E-state index contributed by atoms with van der Waals surface area (Å²) in [7, 11) is 0. The van der Waals surface area contributed by atoms with Gasteiger partial charge in [0.25, 0.3) is 0 Å². The van der Waals surface area contributed by atoms with Gasteiger partial charge in [0.15, 0.2) is 0 Å². The summed E-state index contributed by atoms with van der Waals surface area (Å²) in [4.78, 5) is 13.9. The van der Waals surface area contributed by atoms with Gasteiger partial charge in [-0.05, 0) is 72.5 Å². The Hall–Kier alpha value is -3.98. The largest absolute Gasteiger partial charge is 0.305 e. The minimum atomic E-state index is 0. The van der Waals surface area contributed by atoms with Crippen LogP contribution in [-0.4, -0.2) is 15.0 Å². The minimum Gasteiger partial charge on any atom is -0.305 e. The first-order valence-corrected chi connectivity index (χ1v) is 13.9. The Morgan fingerprint density at radius 1 is 0.707 bits per heavy atom. The van der Waals surface area contributed by atoms with Crippen molar-refractivity contribution < 1.29 is 20.1 Å². The predicted molar refractivity (Wildman–Crippen MR) is 163 cm³/mol. The summed E-state index contributed by atoms with van der Waals surface area (Å²) in [5.41, 5.74) is 10.9. The molecule has 4 aromatic carbocycles. The van der Waals surface area contributed by atoms with E-state index in [4.69, 9.17) is 9.97 Å². The third-order valence-electron chi connectivity index (χ3n) is 7.70. The van der Waals surface area contributed by atoms with Gasteiger partial charge in [-0.3, -0.25) is 4.98 Å². The molecule has 2 aromatic heterocycles. The maximum atomic E-state index is 5.01. The number of benzene rings is 4. The van der Waals surface area contributed by atoms with Crippen LogP contribution in [0.5, 0.6) is 0 Å². The second-order valence-electron chi connectivity index (χ2n) is 10.3. The molecule has 2 unspecified atom stereocenters. The van der Waals surface area contributed by atoms with Crippen LogP contribution in [0.3, 0.4) is 0 Å². The molecule has 0 saturated heterocycles. The molecule has 2 bridgehead atoms. The number of aryl methyl sites for hydroxylation is 1. The molecule has 2 atom stereocenters. The van der Waals surface area contributed by atoms with E-state index in [9.17, 15) is 0 Å². The number of nitrogens with zero attached hydrogens (tertiary/aromatic N) is 3. The Morgan fingerprint density at radius 3 is 2.07 bits per heavy atom. The van der Waals surface area contributed by atoms with Gasteiger partial charge in [0.2, 0.25) is 0 Å². The number of hydrogen-bond acceptors (Lipinski definition) is 3. The molecular weight excluding hydrogens is 679 g/mol. The van der Waals surface area contributed by atoms with E-state index in [-0.39, 0.29) is 20.1 Å². The number of pyridine rings is 1. The van der Waals surface area contributed by atoms with Gasteiger partial charge < -0.3 is 4.98 Å². The molecule has 3 nitrogen and oxygen atoms in total. The molecule has 1 fully saturated rings. The second kappa shape index (κ2) is 13.6. The van der Waals surface area contributed by atoms with Crippen LogP contribution >= 0.6 is 0 Å². The number of rotatable bonds is 2. The monoisotopic (exact) mass is 710 g/mol. The Labute approximate surface area is 256 Å². The summed E-state index contributed by atoms with van der Waals surface area (Å²) in [6, 6.07) is 41.9. The zero-order valence-corrected chi connectivity index (χ0v) is 25.4. The fourth-order valence-corrected chi connectivity index (χ4v) is 5.95. The number of aromatic nitrogens is 3. The van der Waals surface area contributed by atoms with E-state index in [0.717, 1.165) is 39.5 Å². The van der Waals surface area contributed by atoms with Crippen LogP contribution in [0.2, 0.25) is 0 Å². The van der Waals surface area contributed by atoms with Crippen molar-refractivity contribution in [2.45, 2.75) is 38.0 Å². The summed E-state index contributed by atoms with van der Waals surface area (Å²) in [6.07, 6.45) is 7.71. The zero-order valence-electron chi connectivity index (χ0n) is 23.0. The topological polar surface area (TPSA) is 38.7 Å². The average Bonchev–Trinajstić information content (AvgIpc) is 3.67. The summed E-state index contributed by atoms with van der Waals surface area (Å²) < 4.78 is 0. The van der Waals surface area contributed by atoms with E-state index in [1.807, 2.05) is 85.1 Å². The number of fused-ring (bicyclic) bond motifs is 7. The van der Waals surface area contributed by atoms with E-state index in [1.165, 1.54) is 30.4 Å². The Morgan fingerprint density at radius 2 is 1.41 bits per heavy atom. The van der Waals surface area contributed by atoms with Gasteiger partial charge in [-0.2, -0.15) is 36.4 Å². The van der Waals surface area contributed by atoms with E-state index in [1.54, 1.807) is 11.8 Å². The summed E-state index contributed by atoms with van der Waals surface area (Å²) in [5, 5.41) is 0. The van der Waals surface area contributed by atoms with Crippen LogP contribution in [0.1, 0.15) is 47.8 Å². The third-order valence-corrected chi connectivity index (χ3v) is 7.70. The fraction of sp³-hybridized carbons (Fsp3) is 0.162. The van der Waals surface area contributed by atoms with Crippen LogP contribution in [0.4, 0.5) is 0 Å². The third kappa shape index (κ3) is 6.51. The van der Waals surface area contributed by atoms with Gasteiger partial charge in [-0.1, -0.05) is 42.5 Å². The van der Waals surface area contributed by atoms with Crippen LogP contribution < -0.4 is 0 Å². The zero-order chi connectivity index (χ0) is 27.1. The first-order chi connectivity index (χ1) is 19.8. The van der Waals surface area contributed by atoms with Gasteiger partial charge in [-0.25, -0.2) is 4.98 Å². The molecule has 0 spiro atoms. The quantitative estimate of drug-likeness (QED) is 0.169. The van der Waals surface area contributed by atoms with Gasteiger partial charge in [0, 0.05) is 31.9 Å². The summed E-state index contributed by atoms with van der Waals surface area (Å²) >= 11 is 0. The molecule has 2 aliphatic rings. The van der Waals surface area contributed by atoms with Crippen molar-refractivity contribution in [1.29, 1.82) is 0 Å². The van der Waals surface area contributed by atoms with Gasteiger partial charge in [-0.15, -0.1) is 35.9 Å². The SMILES string of the molecule is Cc1cc2ncc(-c3ccccc3)nc2c2c1C1CCC2C1.[Ir].[c-]1ccccc1.[c-]1ccccc1-c1ccccn1. The molecule has 0 amide bonds. The molecule has 0 N–H and O–H groups in total. The molecule has 6 aromatic rings. The molecule has 1 radical (unpaired) electrons. The van der Waals surface area contributed by atoms with Gasteiger partial charge in [0.05, 0.1) is 22.9 Å². The molecule has 205 valence electrons. The fourth-order valence-electron chi connectivity index (χ4n) is 5.95. The second-order valence-corrected chi connectivity index (χ2v) is 10.3. The first kappa shape index (κ1) is 28.5. The van der Waals surface area contributed by atoms with E-state index >= 15 is 0 Å². The van der Waals surface area contributed by atoms with Crippen molar-refractivity contribution in [1.82, 2.24) is 15.0 Å². The van der Waals surface area contributed by atoms with Gasteiger partial charge in [0.1, 0.15) is 0 Å². The van der Waals surface area contributed by atoms with E-state index in [2.05, 4.69) is 54.4 Å². The standard InChI is InChI=1S/C20H18N2.C11H8N.C6H5.Ir/c1-12-9-16-20(19-15-8-7-14(10-15)18(12)19)22-17(11-21-16)13-5-3-2-4-6-13;1-2-6-10(7-3-1)11-8-4-5-9-12-11;1-2-4-6-5-3-1;/h2-6,9,11,14-15H,7-8,10H2,1H3;1-6,8-9H;1-5H;/q;2*-1;. The van der Waals surface area contributed by atoms with Crippen molar-refractivity contribution in [3.8, 4) is 22.5 Å². The molecule has 41 heavy (non-hydrogen) atoms. The Balaban J connectivity index is 0.000000149. The molecule has 0 aliphatic heterocycles. The van der Waals surface area contributed by atoms with Crippen molar-refractivity contribution >= 4 is 11.0 Å². The maximum Gasteiger partial charge on any atom is 0.0932 e. The van der Waals surface area contributed by atoms with Crippen LogP contribution in [-0.2, 0) is 20.1 Å². The van der Waals surface area contributed by atoms with Crippen molar-refractivity contribution in [3.05, 3.63) is 150 Å². The molecule has 8 rings (SSSR count). The van der Waals surface area contributed by atoms with Crippen molar-refractivity contribution in [2.75, 3.05) is 0 Å². The van der Waals surface area contributed by atoms with Crippen LogP contribution in [0.15, 0.2) is 122 Å². The number of hydrogen-bond donors (Lipinski definition) is 0. The molecule has 2 aliphatic carbocycles. The van der Waals surface area contributed by atoms with E-state index in [0.29, 0.717) is 5.92 Å². The molecular formula is C37H31IrN3-2. The molecule has 2 heterocycles. The first-order valence-electron chi connectivity index (χ1n) is 13.9. The summed E-state index contributed by atoms with van der Waals surface area (Å²) in [5.74, 6) is 1.48. The van der Waals surface area contributed by atoms with Crippen molar-refractivity contribution in [3.63, 3.8) is 0 Å². The predicted octanol–water partition coefficient (Wildman–Crippen LogP) is 9.00. The maximum absolute atomic E-state index is 5.01. The molecule has 1 saturated carbocycles. The average molecular weight is 710 g/mol.